The summed E-state index contributed by atoms with van der Waals surface area (Å²) >= 11 is 0. The molecule has 1 aromatic carbocycles. The van der Waals surface area contributed by atoms with Gasteiger partial charge in [-0.05, 0) is 38.0 Å². The first-order valence-electron chi connectivity index (χ1n) is 7.56. The summed E-state index contributed by atoms with van der Waals surface area (Å²) in [6.07, 6.45) is 3.11. The summed E-state index contributed by atoms with van der Waals surface area (Å²) in [5.74, 6) is 0.942. The van der Waals surface area contributed by atoms with Crippen molar-refractivity contribution in [3.63, 3.8) is 0 Å². The molecule has 4 rings (SSSR count). The van der Waals surface area contributed by atoms with E-state index >= 15 is 0 Å². The molecule has 0 unspecified atom stereocenters. The van der Waals surface area contributed by atoms with Gasteiger partial charge in [0.15, 0.2) is 0 Å². The Balaban J connectivity index is 1.71. The summed E-state index contributed by atoms with van der Waals surface area (Å²) in [6.45, 7) is 1.84. The number of hydrogen-bond donors (Lipinski definition) is 4. The van der Waals surface area contributed by atoms with Crippen LogP contribution in [-0.2, 0) is 0 Å². The number of H-pyrrole nitrogens is 1. The van der Waals surface area contributed by atoms with E-state index in [1.54, 1.807) is 6.20 Å². The molecule has 7 heteroatoms. The fourth-order valence-electron chi connectivity index (χ4n) is 3.14. The average Bonchev–Trinajstić information content (AvgIpc) is 2.98. The zero-order valence-electron chi connectivity index (χ0n) is 12.7. The van der Waals surface area contributed by atoms with Gasteiger partial charge in [0.1, 0.15) is 5.82 Å². The van der Waals surface area contributed by atoms with Crippen molar-refractivity contribution < 1.29 is 5.11 Å². The van der Waals surface area contributed by atoms with Crippen LogP contribution < -0.4 is 11.1 Å². The average molecular weight is 310 g/mol. The van der Waals surface area contributed by atoms with Crippen LogP contribution >= 0.6 is 0 Å². The van der Waals surface area contributed by atoms with E-state index in [0.29, 0.717) is 18.7 Å². The number of aromatic nitrogens is 4. The van der Waals surface area contributed by atoms with Crippen molar-refractivity contribution in [1.29, 1.82) is 0 Å². The van der Waals surface area contributed by atoms with Crippen molar-refractivity contribution in [1.82, 2.24) is 20.2 Å². The molecular weight excluding hydrogens is 292 g/mol. The summed E-state index contributed by atoms with van der Waals surface area (Å²) in [7, 11) is 0. The molecule has 1 aliphatic rings. The molecule has 1 aliphatic carbocycles. The van der Waals surface area contributed by atoms with Gasteiger partial charge in [0.2, 0.25) is 5.95 Å². The van der Waals surface area contributed by atoms with Gasteiger partial charge in [-0.2, -0.15) is 10.1 Å². The van der Waals surface area contributed by atoms with Crippen LogP contribution in [0.4, 0.5) is 11.8 Å². The van der Waals surface area contributed by atoms with E-state index in [4.69, 9.17) is 5.73 Å². The Morgan fingerprint density at radius 3 is 2.83 bits per heavy atom. The molecule has 0 bridgehead atoms. The Kier molecular flexibility index (Phi) is 2.99. The highest BCUT2D eigenvalue weighted by molar-refractivity contribution is 5.92. The summed E-state index contributed by atoms with van der Waals surface area (Å²) in [4.78, 5) is 8.65. The quantitative estimate of drug-likeness (QED) is 0.588. The van der Waals surface area contributed by atoms with Gasteiger partial charge < -0.3 is 16.2 Å². The summed E-state index contributed by atoms with van der Waals surface area (Å²) in [5, 5.41) is 21.0. The Labute approximate surface area is 133 Å². The standard InChI is InChI=1S/C16H18N6O/c1-16(23)7-10(8-16)19-14-11-3-2-9(12-4-5-18-22-12)6-13(11)20-15(17)21-14/h2-6,10,23H,7-8H2,1H3,(H,18,22)(H3,17,19,20,21)/t10-,16+. The van der Waals surface area contributed by atoms with E-state index in [9.17, 15) is 5.11 Å². The number of anilines is 2. The number of aromatic amines is 1. The molecule has 0 radical (unpaired) electrons. The molecule has 0 saturated heterocycles. The van der Waals surface area contributed by atoms with Crippen LogP contribution in [0.5, 0.6) is 0 Å². The molecule has 23 heavy (non-hydrogen) atoms. The topological polar surface area (TPSA) is 113 Å². The first-order valence-corrected chi connectivity index (χ1v) is 7.56. The van der Waals surface area contributed by atoms with Crippen molar-refractivity contribution in [2.45, 2.75) is 31.4 Å². The second kappa shape index (κ2) is 4.92. The second-order valence-corrected chi connectivity index (χ2v) is 6.38. The number of nitrogens with two attached hydrogens (primary N) is 1. The van der Waals surface area contributed by atoms with E-state index in [0.717, 1.165) is 22.2 Å². The van der Waals surface area contributed by atoms with E-state index in [2.05, 4.69) is 25.5 Å². The lowest BCUT2D eigenvalue weighted by Gasteiger charge is -2.41. The smallest absolute Gasteiger partial charge is 0.222 e. The molecule has 0 aliphatic heterocycles. The molecule has 3 aromatic rings. The fourth-order valence-corrected chi connectivity index (χ4v) is 3.14. The third-order valence-corrected chi connectivity index (χ3v) is 4.24. The summed E-state index contributed by atoms with van der Waals surface area (Å²) in [6, 6.07) is 8.04. The van der Waals surface area contributed by atoms with Crippen molar-refractivity contribution in [2.75, 3.05) is 11.1 Å². The maximum absolute atomic E-state index is 9.86. The minimum atomic E-state index is -0.583. The lowest BCUT2D eigenvalue weighted by Crippen LogP contribution is -2.48. The zero-order valence-corrected chi connectivity index (χ0v) is 12.7. The molecule has 0 amide bonds. The first-order chi connectivity index (χ1) is 11.0. The van der Waals surface area contributed by atoms with E-state index in [-0.39, 0.29) is 12.0 Å². The van der Waals surface area contributed by atoms with Gasteiger partial charge in [-0.1, -0.05) is 6.07 Å². The number of benzene rings is 1. The monoisotopic (exact) mass is 310 g/mol. The SMILES string of the molecule is C[C@]1(O)C[C@@H](Nc2nc(N)nc3cc(-c4ccn[nH]4)ccc23)C1. The first kappa shape index (κ1) is 14.0. The zero-order chi connectivity index (χ0) is 16.0. The van der Waals surface area contributed by atoms with Crippen LogP contribution in [-0.4, -0.2) is 36.9 Å². The Hall–Kier alpha value is -2.67. The number of rotatable bonds is 3. The largest absolute Gasteiger partial charge is 0.390 e. The summed E-state index contributed by atoms with van der Waals surface area (Å²) < 4.78 is 0. The number of aliphatic hydroxyl groups is 1. The maximum atomic E-state index is 9.86. The van der Waals surface area contributed by atoms with Crippen LogP contribution in [0.25, 0.3) is 22.2 Å². The highest BCUT2D eigenvalue weighted by Gasteiger charge is 2.38. The summed E-state index contributed by atoms with van der Waals surface area (Å²) in [5.41, 5.74) is 7.96. The molecule has 0 atom stereocenters. The van der Waals surface area contributed by atoms with E-state index < -0.39 is 5.60 Å². The van der Waals surface area contributed by atoms with Gasteiger partial charge in [0.25, 0.3) is 0 Å². The second-order valence-electron chi connectivity index (χ2n) is 6.38. The molecule has 2 heterocycles. The molecular formula is C16H18N6O. The van der Waals surface area contributed by atoms with Gasteiger partial charge in [-0.25, -0.2) is 4.98 Å². The van der Waals surface area contributed by atoms with Crippen molar-refractivity contribution in [3.05, 3.63) is 30.5 Å². The number of hydrogen-bond acceptors (Lipinski definition) is 6. The normalized spacial score (nSPS) is 23.7. The third-order valence-electron chi connectivity index (χ3n) is 4.24. The highest BCUT2D eigenvalue weighted by atomic mass is 16.3. The molecule has 1 fully saturated rings. The lowest BCUT2D eigenvalue weighted by atomic mass is 9.77. The van der Waals surface area contributed by atoms with Crippen molar-refractivity contribution in [2.24, 2.45) is 0 Å². The number of nitrogen functional groups attached to an aromatic ring is 1. The molecule has 5 N–H and O–H groups in total. The molecule has 7 nitrogen and oxygen atoms in total. The molecule has 1 saturated carbocycles. The maximum Gasteiger partial charge on any atom is 0.222 e. The van der Waals surface area contributed by atoms with E-state index in [1.165, 1.54) is 0 Å². The predicted octanol–water partition coefficient (Wildman–Crippen LogP) is 1.93. The van der Waals surface area contributed by atoms with Crippen LogP contribution in [0.2, 0.25) is 0 Å². The number of nitrogens with zero attached hydrogens (tertiary/aromatic N) is 3. The van der Waals surface area contributed by atoms with Crippen molar-refractivity contribution in [3.8, 4) is 11.3 Å². The third kappa shape index (κ3) is 2.59. The minimum Gasteiger partial charge on any atom is -0.390 e. The molecule has 0 spiro atoms. The van der Waals surface area contributed by atoms with Crippen molar-refractivity contribution >= 4 is 22.7 Å². The number of fused-ring (bicyclic) bond motifs is 1. The Morgan fingerprint density at radius 1 is 1.30 bits per heavy atom. The predicted molar refractivity (Wildman–Crippen MR) is 88.8 cm³/mol. The van der Waals surface area contributed by atoms with Gasteiger partial charge >= 0.3 is 0 Å². The van der Waals surface area contributed by atoms with Gasteiger partial charge in [0.05, 0.1) is 16.8 Å². The fraction of sp³-hybridized carbons (Fsp3) is 0.312. The highest BCUT2D eigenvalue weighted by Crippen LogP contribution is 2.35. The van der Waals surface area contributed by atoms with Crippen LogP contribution in [0.15, 0.2) is 30.5 Å². The molecule has 118 valence electrons. The van der Waals surface area contributed by atoms with Gasteiger partial charge in [-0.15, -0.1) is 0 Å². The minimum absolute atomic E-state index is 0.204. The number of nitrogens with one attached hydrogen (secondary N) is 2. The van der Waals surface area contributed by atoms with Crippen LogP contribution in [0.1, 0.15) is 19.8 Å². The van der Waals surface area contributed by atoms with Gasteiger partial charge in [-0.3, -0.25) is 5.10 Å². The van der Waals surface area contributed by atoms with Gasteiger partial charge in [0, 0.05) is 23.2 Å². The lowest BCUT2D eigenvalue weighted by molar-refractivity contribution is -0.0234. The van der Waals surface area contributed by atoms with E-state index in [1.807, 2.05) is 31.2 Å². The molecule has 2 aromatic heterocycles. The Bertz CT molecular complexity index is 850. The van der Waals surface area contributed by atoms with Crippen LogP contribution in [0, 0.1) is 0 Å². The van der Waals surface area contributed by atoms with Crippen LogP contribution in [0.3, 0.4) is 0 Å². The Morgan fingerprint density at radius 2 is 2.13 bits per heavy atom.